The van der Waals surface area contributed by atoms with Crippen molar-refractivity contribution >= 4 is 42.2 Å². The minimum atomic E-state index is -1.61. The fourth-order valence-corrected chi connectivity index (χ4v) is 2.98. The third kappa shape index (κ3) is 9.72. The summed E-state index contributed by atoms with van der Waals surface area (Å²) in [6.45, 7) is 4.22. The molecule has 0 heterocycles. The van der Waals surface area contributed by atoms with Gasteiger partial charge in [0.2, 0.25) is 23.6 Å². The van der Waals surface area contributed by atoms with E-state index in [0.29, 0.717) is 4.90 Å². The molecule has 202 valence electrons. The lowest BCUT2D eigenvalue weighted by atomic mass is 9.87. The number of aliphatic carboxylic acids is 1. The van der Waals surface area contributed by atoms with Crippen LogP contribution in [0.3, 0.4) is 0 Å². The smallest absolute Gasteiger partial charge is 0.327 e. The first kappa shape index (κ1) is 32.7. The monoisotopic (exact) mass is 523 g/mol. The van der Waals surface area contributed by atoms with E-state index in [1.165, 1.54) is 27.7 Å². The molecular weight excluding hydrogens is 486 g/mol. The van der Waals surface area contributed by atoms with E-state index in [9.17, 15) is 49.5 Å². The summed E-state index contributed by atoms with van der Waals surface area (Å²) in [4.78, 5) is 61.5. The van der Waals surface area contributed by atoms with Crippen LogP contribution in [-0.2, 0) is 24.0 Å². The van der Waals surface area contributed by atoms with Crippen molar-refractivity contribution in [1.82, 2.24) is 15.5 Å². The van der Waals surface area contributed by atoms with Crippen molar-refractivity contribution in [3.63, 3.8) is 0 Å². The van der Waals surface area contributed by atoms with E-state index in [1.54, 1.807) is 0 Å². The summed E-state index contributed by atoms with van der Waals surface area (Å²) in [6.07, 6.45) is -4.09. The number of nitrogens with one attached hydrogen (secondary N) is 2. The Labute approximate surface area is 209 Å². The van der Waals surface area contributed by atoms with Crippen molar-refractivity contribution in [2.24, 2.45) is 10.8 Å². The highest BCUT2D eigenvalue weighted by atomic mass is 32.1. The lowest BCUT2D eigenvalue weighted by Crippen LogP contribution is -2.52. The number of aliphatic hydroxyl groups is 4. The van der Waals surface area contributed by atoms with Gasteiger partial charge in [-0.3, -0.25) is 24.1 Å². The number of hydrogen-bond acceptors (Lipinski definition) is 10. The maximum Gasteiger partial charge on any atom is 0.327 e. The lowest BCUT2D eigenvalue weighted by molar-refractivity contribution is -0.157. The van der Waals surface area contributed by atoms with Crippen LogP contribution in [0.25, 0.3) is 0 Å². The van der Waals surface area contributed by atoms with Crippen molar-refractivity contribution in [2.45, 2.75) is 58.8 Å². The summed E-state index contributed by atoms with van der Waals surface area (Å²) < 4.78 is 0. The number of aliphatic hydroxyl groups excluding tert-OH is 4. The Balaban J connectivity index is 5.18. The zero-order valence-electron chi connectivity index (χ0n) is 20.4. The molecule has 0 bridgehead atoms. The van der Waals surface area contributed by atoms with E-state index in [-0.39, 0.29) is 13.1 Å². The summed E-state index contributed by atoms with van der Waals surface area (Å²) in [5.41, 5.74) is -2.28. The van der Waals surface area contributed by atoms with Gasteiger partial charge < -0.3 is 36.2 Å². The standard InChI is InChI=1S/C21H37N3O10S/c1-20(2,10-25)15(29)17(31)22-7-5-13(27)24(12(9-35)19(33)34)14(28)6-8-23-18(32)16(30)21(3,4)11-26/h12,15-16,25-26,29-30,35H,5-11H2,1-4H3,(H,22,31)(H,23,32)(H,33,34)/t12-,15+,16+/m0/s1. The molecule has 0 unspecified atom stereocenters. The molecule has 13 nitrogen and oxygen atoms in total. The number of carbonyl (C=O) groups is 5. The molecule has 0 radical (unpaired) electrons. The highest BCUT2D eigenvalue weighted by Crippen LogP contribution is 2.20. The largest absolute Gasteiger partial charge is 0.480 e. The van der Waals surface area contributed by atoms with Gasteiger partial charge in [-0.25, -0.2) is 4.79 Å². The number of amides is 4. The van der Waals surface area contributed by atoms with Gasteiger partial charge in [-0.15, -0.1) is 0 Å². The van der Waals surface area contributed by atoms with Crippen molar-refractivity contribution in [1.29, 1.82) is 0 Å². The second kappa shape index (κ2) is 14.3. The highest BCUT2D eigenvalue weighted by molar-refractivity contribution is 7.80. The Kier molecular flexibility index (Phi) is 13.4. The Bertz CT molecular complexity index is 722. The summed E-state index contributed by atoms with van der Waals surface area (Å²) in [7, 11) is 0. The first-order chi connectivity index (χ1) is 16.1. The topological polar surface area (TPSA) is 214 Å². The van der Waals surface area contributed by atoms with Crippen LogP contribution >= 0.6 is 12.6 Å². The molecule has 0 fully saturated rings. The van der Waals surface area contributed by atoms with Gasteiger partial charge in [-0.1, -0.05) is 27.7 Å². The molecule has 0 aliphatic carbocycles. The number of thiol groups is 1. The number of carboxylic acid groups (broad SMARTS) is 1. The predicted octanol–water partition coefficient (Wildman–Crippen LogP) is -2.50. The van der Waals surface area contributed by atoms with E-state index in [0.717, 1.165) is 0 Å². The number of nitrogens with zero attached hydrogens (tertiary/aromatic N) is 1. The molecule has 7 N–H and O–H groups in total. The van der Waals surface area contributed by atoms with E-state index < -0.39 is 90.5 Å². The summed E-state index contributed by atoms with van der Waals surface area (Å²) in [5.74, 6) is -5.45. The van der Waals surface area contributed by atoms with Gasteiger partial charge in [0.05, 0.1) is 13.2 Å². The molecule has 0 aromatic rings. The molecule has 0 saturated heterocycles. The Hall–Kier alpha value is -2.26. The quantitative estimate of drug-likeness (QED) is 0.106. The molecule has 14 heteroatoms. The summed E-state index contributed by atoms with van der Waals surface area (Å²) in [6, 6.07) is -1.61. The third-order valence-electron chi connectivity index (χ3n) is 5.38. The van der Waals surface area contributed by atoms with Crippen molar-refractivity contribution in [2.75, 3.05) is 32.1 Å². The minimum absolute atomic E-state index is 0.321. The second-order valence-electron chi connectivity index (χ2n) is 9.37. The predicted molar refractivity (Wildman–Crippen MR) is 126 cm³/mol. The number of carboxylic acids is 1. The molecule has 35 heavy (non-hydrogen) atoms. The summed E-state index contributed by atoms with van der Waals surface area (Å²) >= 11 is 3.89. The normalized spacial score (nSPS) is 14.4. The van der Waals surface area contributed by atoms with Crippen LogP contribution in [0.2, 0.25) is 0 Å². The van der Waals surface area contributed by atoms with Crippen LogP contribution in [0.4, 0.5) is 0 Å². The van der Waals surface area contributed by atoms with Gasteiger partial charge in [-0.2, -0.15) is 12.6 Å². The van der Waals surface area contributed by atoms with Crippen LogP contribution in [0.5, 0.6) is 0 Å². The first-order valence-electron chi connectivity index (χ1n) is 10.9. The van der Waals surface area contributed by atoms with E-state index in [1.807, 2.05) is 0 Å². The third-order valence-corrected chi connectivity index (χ3v) is 5.72. The highest BCUT2D eigenvalue weighted by Gasteiger charge is 2.36. The zero-order valence-corrected chi connectivity index (χ0v) is 21.2. The van der Waals surface area contributed by atoms with Gasteiger partial charge in [-0.05, 0) is 0 Å². The molecule has 4 amide bonds. The average molecular weight is 524 g/mol. The molecule has 0 rings (SSSR count). The SMILES string of the molecule is CC(C)(CO)[C@H](O)C(=O)NCCC(=O)N(C(=O)CCNC(=O)[C@@H](O)C(C)(C)CO)[C@@H](CS)C(=O)O. The van der Waals surface area contributed by atoms with Gasteiger partial charge in [0.25, 0.3) is 0 Å². The molecular formula is C21H37N3O10S. The molecule has 0 aliphatic rings. The van der Waals surface area contributed by atoms with E-state index in [4.69, 9.17) is 0 Å². The van der Waals surface area contributed by atoms with Crippen molar-refractivity contribution in [3.8, 4) is 0 Å². The van der Waals surface area contributed by atoms with Gasteiger partial charge in [0, 0.05) is 42.5 Å². The first-order valence-corrected chi connectivity index (χ1v) is 11.5. The fourth-order valence-electron chi connectivity index (χ4n) is 2.66. The van der Waals surface area contributed by atoms with Crippen molar-refractivity contribution < 1.29 is 49.5 Å². The van der Waals surface area contributed by atoms with Crippen molar-refractivity contribution in [3.05, 3.63) is 0 Å². The molecule has 0 spiro atoms. The summed E-state index contributed by atoms with van der Waals surface area (Å²) in [5, 5.41) is 52.4. The molecule has 0 aliphatic heterocycles. The van der Waals surface area contributed by atoms with E-state index >= 15 is 0 Å². The van der Waals surface area contributed by atoms with Crippen LogP contribution < -0.4 is 10.6 Å². The maximum absolute atomic E-state index is 12.7. The van der Waals surface area contributed by atoms with Crippen LogP contribution in [-0.4, -0.2) is 110 Å². The fraction of sp³-hybridized carbons (Fsp3) is 0.762. The van der Waals surface area contributed by atoms with Crippen LogP contribution in [0.15, 0.2) is 0 Å². The molecule has 0 saturated carbocycles. The Morgan fingerprint density at radius 3 is 1.40 bits per heavy atom. The van der Waals surface area contributed by atoms with Crippen LogP contribution in [0, 0.1) is 10.8 Å². The average Bonchev–Trinajstić information content (AvgIpc) is 2.80. The Morgan fingerprint density at radius 1 is 0.800 bits per heavy atom. The maximum atomic E-state index is 12.7. The number of carbonyl (C=O) groups excluding carboxylic acids is 4. The minimum Gasteiger partial charge on any atom is -0.480 e. The van der Waals surface area contributed by atoms with Gasteiger partial charge >= 0.3 is 5.97 Å². The molecule has 3 atom stereocenters. The number of hydrogen-bond donors (Lipinski definition) is 8. The van der Waals surface area contributed by atoms with Gasteiger partial charge in [0.1, 0.15) is 18.2 Å². The van der Waals surface area contributed by atoms with E-state index in [2.05, 4.69) is 23.3 Å². The Morgan fingerprint density at radius 2 is 1.14 bits per heavy atom. The molecule has 0 aromatic heterocycles. The number of rotatable bonds is 15. The second-order valence-corrected chi connectivity index (χ2v) is 9.74. The zero-order chi connectivity index (χ0) is 27.6. The number of imide groups is 1. The van der Waals surface area contributed by atoms with Crippen LogP contribution in [0.1, 0.15) is 40.5 Å². The molecule has 0 aromatic carbocycles. The van der Waals surface area contributed by atoms with Gasteiger partial charge in [0.15, 0.2) is 0 Å². The lowest BCUT2D eigenvalue weighted by Gasteiger charge is -2.28.